The van der Waals surface area contributed by atoms with E-state index in [2.05, 4.69) is 15.7 Å². The molecule has 2 aromatic heterocycles. The van der Waals surface area contributed by atoms with Crippen molar-refractivity contribution in [3.63, 3.8) is 0 Å². The molecule has 27 heavy (non-hydrogen) atoms. The van der Waals surface area contributed by atoms with Gasteiger partial charge < -0.3 is 15.1 Å². The number of rotatable bonds is 4. The Morgan fingerprint density at radius 1 is 1.37 bits per heavy atom. The summed E-state index contributed by atoms with van der Waals surface area (Å²) in [5.74, 6) is -0.236. The zero-order valence-corrected chi connectivity index (χ0v) is 16.0. The lowest BCUT2D eigenvalue weighted by atomic mass is 9.92. The van der Waals surface area contributed by atoms with Gasteiger partial charge in [0.1, 0.15) is 18.1 Å². The highest BCUT2D eigenvalue weighted by molar-refractivity contribution is 6.09. The number of hydrogen-bond donors (Lipinski definition) is 2. The van der Waals surface area contributed by atoms with Gasteiger partial charge >= 0.3 is 6.03 Å². The summed E-state index contributed by atoms with van der Waals surface area (Å²) in [7, 11) is 1.71. The number of aromatic nitrogens is 2. The summed E-state index contributed by atoms with van der Waals surface area (Å²) >= 11 is 0. The smallest absolute Gasteiger partial charge is 0.325 e. The van der Waals surface area contributed by atoms with Gasteiger partial charge in [-0.1, -0.05) is 20.8 Å². The van der Waals surface area contributed by atoms with Crippen molar-refractivity contribution in [3.05, 3.63) is 35.9 Å². The van der Waals surface area contributed by atoms with Gasteiger partial charge in [-0.25, -0.2) is 4.79 Å². The highest BCUT2D eigenvalue weighted by atomic mass is 16.3. The third-order valence-corrected chi connectivity index (χ3v) is 4.51. The minimum Gasteiger partial charge on any atom is -0.466 e. The fraction of sp³-hybridized carbons (Fsp3) is 0.444. The van der Waals surface area contributed by atoms with Gasteiger partial charge in [0.15, 0.2) is 5.54 Å². The van der Waals surface area contributed by atoms with E-state index in [-0.39, 0.29) is 5.41 Å². The third-order valence-electron chi connectivity index (χ3n) is 4.51. The molecule has 0 bridgehead atoms. The second kappa shape index (κ2) is 6.26. The average Bonchev–Trinajstić information content (AvgIpc) is 3.25. The molecular weight excluding hydrogens is 350 g/mol. The Hall–Kier alpha value is -3.10. The second-order valence-corrected chi connectivity index (χ2v) is 7.76. The normalized spacial score (nSPS) is 20.1. The zero-order valence-electron chi connectivity index (χ0n) is 16.0. The van der Waals surface area contributed by atoms with Crippen LogP contribution in [0.2, 0.25) is 0 Å². The molecule has 3 heterocycles. The number of carbonyl (C=O) groups is 3. The van der Waals surface area contributed by atoms with Crippen molar-refractivity contribution < 1.29 is 18.8 Å². The molecule has 1 aliphatic heterocycles. The molecule has 1 unspecified atom stereocenters. The lowest BCUT2D eigenvalue weighted by molar-refractivity contribution is -0.134. The van der Waals surface area contributed by atoms with Crippen LogP contribution < -0.4 is 10.6 Å². The van der Waals surface area contributed by atoms with Crippen LogP contribution in [0.15, 0.2) is 28.9 Å². The van der Waals surface area contributed by atoms with Crippen molar-refractivity contribution in [2.75, 3.05) is 11.9 Å². The van der Waals surface area contributed by atoms with Crippen molar-refractivity contribution in [1.29, 1.82) is 0 Å². The third kappa shape index (κ3) is 3.32. The van der Waals surface area contributed by atoms with Gasteiger partial charge in [0.05, 0.1) is 12.0 Å². The summed E-state index contributed by atoms with van der Waals surface area (Å²) in [6.07, 6.45) is 1.42. The number of aryl methyl sites for hydroxylation is 1. The summed E-state index contributed by atoms with van der Waals surface area (Å²) in [4.78, 5) is 38.2. The topological polar surface area (TPSA) is 109 Å². The summed E-state index contributed by atoms with van der Waals surface area (Å²) in [5, 5.41) is 9.66. The molecule has 0 aliphatic carbocycles. The lowest BCUT2D eigenvalue weighted by Crippen LogP contribution is -2.42. The lowest BCUT2D eigenvalue weighted by Gasteiger charge is -2.18. The van der Waals surface area contributed by atoms with Crippen LogP contribution in [-0.4, -0.2) is 39.1 Å². The first kappa shape index (κ1) is 18.7. The van der Waals surface area contributed by atoms with Crippen LogP contribution in [0, 0.1) is 0 Å². The molecule has 0 aromatic carbocycles. The molecule has 1 saturated heterocycles. The molecule has 0 spiro atoms. The Morgan fingerprint density at radius 3 is 2.63 bits per heavy atom. The van der Waals surface area contributed by atoms with Crippen molar-refractivity contribution in [2.45, 2.75) is 38.6 Å². The number of anilines is 1. The zero-order chi connectivity index (χ0) is 20.0. The van der Waals surface area contributed by atoms with Gasteiger partial charge in [-0.15, -0.1) is 0 Å². The van der Waals surface area contributed by atoms with Gasteiger partial charge in [0.2, 0.25) is 5.91 Å². The van der Waals surface area contributed by atoms with Crippen LogP contribution in [0.1, 0.15) is 39.1 Å². The maximum atomic E-state index is 12.7. The van der Waals surface area contributed by atoms with Crippen LogP contribution in [0.25, 0.3) is 0 Å². The first-order chi connectivity index (χ1) is 12.5. The highest BCUT2D eigenvalue weighted by Crippen LogP contribution is 2.29. The van der Waals surface area contributed by atoms with Gasteiger partial charge in [-0.2, -0.15) is 5.10 Å². The number of nitrogens with one attached hydrogen (secondary N) is 2. The standard InChI is InChI=1S/C18H23N5O4/c1-17(2,3)11-9-13(22(5)21-11)19-14(24)10-23-15(25)18(4,20-16(23)26)12-7-6-8-27-12/h6-9H,10H2,1-5H3,(H,19,24)(H,20,26). The number of imide groups is 1. The summed E-state index contributed by atoms with van der Waals surface area (Å²) in [6.45, 7) is 7.19. The largest absolute Gasteiger partial charge is 0.466 e. The van der Waals surface area contributed by atoms with Crippen LogP contribution >= 0.6 is 0 Å². The Bertz CT molecular complexity index is 893. The number of hydrogen-bond acceptors (Lipinski definition) is 5. The van der Waals surface area contributed by atoms with E-state index in [9.17, 15) is 14.4 Å². The Balaban J connectivity index is 1.72. The summed E-state index contributed by atoms with van der Waals surface area (Å²) < 4.78 is 6.82. The van der Waals surface area contributed by atoms with Gasteiger partial charge in [0, 0.05) is 18.5 Å². The molecule has 3 rings (SSSR count). The van der Waals surface area contributed by atoms with Crippen molar-refractivity contribution in [1.82, 2.24) is 20.0 Å². The number of furan rings is 1. The number of carbonyl (C=O) groups excluding carboxylic acids is 3. The first-order valence-electron chi connectivity index (χ1n) is 8.55. The summed E-state index contributed by atoms with van der Waals surface area (Å²) in [6, 6.07) is 4.36. The Kier molecular flexibility index (Phi) is 4.33. The van der Waals surface area contributed by atoms with Gasteiger partial charge in [0.25, 0.3) is 5.91 Å². The minimum atomic E-state index is -1.33. The molecule has 144 valence electrons. The first-order valence-corrected chi connectivity index (χ1v) is 8.55. The summed E-state index contributed by atoms with van der Waals surface area (Å²) in [5.41, 5.74) is -0.677. The number of nitrogens with zero attached hydrogens (tertiary/aromatic N) is 3. The molecule has 9 heteroatoms. The molecule has 0 saturated carbocycles. The monoisotopic (exact) mass is 373 g/mol. The van der Waals surface area contributed by atoms with Crippen molar-refractivity contribution >= 4 is 23.7 Å². The predicted molar refractivity (Wildman–Crippen MR) is 96.8 cm³/mol. The highest BCUT2D eigenvalue weighted by Gasteiger charge is 2.51. The fourth-order valence-electron chi connectivity index (χ4n) is 2.85. The number of urea groups is 1. The van der Waals surface area contributed by atoms with E-state index < -0.39 is 29.9 Å². The quantitative estimate of drug-likeness (QED) is 0.793. The maximum Gasteiger partial charge on any atom is 0.325 e. The number of amides is 4. The average molecular weight is 373 g/mol. The van der Waals surface area contributed by atoms with Crippen LogP contribution in [0.5, 0.6) is 0 Å². The van der Waals surface area contributed by atoms with Crippen LogP contribution in [0.4, 0.5) is 10.6 Å². The van der Waals surface area contributed by atoms with Crippen molar-refractivity contribution in [3.8, 4) is 0 Å². The maximum absolute atomic E-state index is 12.7. The Labute approximate surface area is 156 Å². The van der Waals surface area contributed by atoms with Crippen molar-refractivity contribution in [2.24, 2.45) is 7.05 Å². The van der Waals surface area contributed by atoms with E-state index in [1.807, 2.05) is 20.8 Å². The van der Waals surface area contributed by atoms with E-state index in [1.165, 1.54) is 6.26 Å². The fourth-order valence-corrected chi connectivity index (χ4v) is 2.85. The van der Waals surface area contributed by atoms with E-state index in [0.29, 0.717) is 11.6 Å². The van der Waals surface area contributed by atoms with E-state index in [1.54, 1.807) is 36.9 Å². The molecule has 4 amide bonds. The van der Waals surface area contributed by atoms with Gasteiger partial charge in [-0.05, 0) is 19.1 Å². The second-order valence-electron chi connectivity index (χ2n) is 7.76. The van der Waals surface area contributed by atoms with E-state index in [0.717, 1.165) is 10.6 Å². The molecule has 1 aliphatic rings. The Morgan fingerprint density at radius 2 is 2.07 bits per heavy atom. The molecule has 1 fully saturated rings. The molecule has 1 atom stereocenters. The van der Waals surface area contributed by atoms with Crippen LogP contribution in [-0.2, 0) is 27.6 Å². The minimum absolute atomic E-state index is 0.170. The van der Waals surface area contributed by atoms with Gasteiger partial charge in [-0.3, -0.25) is 19.2 Å². The van der Waals surface area contributed by atoms with E-state index in [4.69, 9.17) is 4.42 Å². The molecule has 0 radical (unpaired) electrons. The molecule has 2 aromatic rings. The SMILES string of the molecule is Cn1nc(C(C)(C)C)cc1NC(=O)CN1C(=O)NC(C)(c2ccco2)C1=O. The molecule has 9 nitrogen and oxygen atoms in total. The van der Waals surface area contributed by atoms with Crippen LogP contribution in [0.3, 0.4) is 0 Å². The molecular formula is C18H23N5O4. The molecule has 2 N–H and O–H groups in total. The van der Waals surface area contributed by atoms with E-state index >= 15 is 0 Å². The predicted octanol–water partition coefficient (Wildman–Crippen LogP) is 1.72.